The molecule has 4 heteroatoms. The summed E-state index contributed by atoms with van der Waals surface area (Å²) in [6, 6.07) is 47.2. The molecule has 0 saturated heterocycles. The van der Waals surface area contributed by atoms with Gasteiger partial charge >= 0.3 is 0 Å². The van der Waals surface area contributed by atoms with Gasteiger partial charge in [-0.25, -0.2) is 9.97 Å². The van der Waals surface area contributed by atoms with Gasteiger partial charge in [0.15, 0.2) is 0 Å². The molecule has 0 spiro atoms. The summed E-state index contributed by atoms with van der Waals surface area (Å²) in [5.41, 5.74) is 6.22. The summed E-state index contributed by atoms with van der Waals surface area (Å²) < 4.78 is 3.58. The molecule has 0 unspecified atom stereocenters. The number of nitrogens with zero attached hydrogens (tertiary/aromatic N) is 3. The van der Waals surface area contributed by atoms with Crippen molar-refractivity contribution in [2.75, 3.05) is 0 Å². The number of hydrogen-bond acceptors (Lipinski definition) is 3. The summed E-state index contributed by atoms with van der Waals surface area (Å²) in [6.07, 6.45) is 0. The van der Waals surface area contributed by atoms with Crippen LogP contribution in [0.25, 0.3) is 81.9 Å². The molecule has 0 N–H and O–H groups in total. The number of aromatic nitrogens is 3. The second-order valence-electron chi connectivity index (χ2n) is 10.6. The molecule has 3 nitrogen and oxygen atoms in total. The summed E-state index contributed by atoms with van der Waals surface area (Å²) in [4.78, 5) is 10.6. The largest absolute Gasteiger partial charge is 0.277 e. The molecule has 0 aliphatic carbocycles. The molecular weight excluding hydrogens is 531 g/mol. The monoisotopic (exact) mass is 553 g/mol. The molecule has 0 fully saturated rings. The van der Waals surface area contributed by atoms with E-state index in [1.807, 2.05) is 12.1 Å². The Morgan fingerprint density at radius 3 is 1.69 bits per heavy atom. The molecule has 3 heterocycles. The maximum absolute atomic E-state index is 5.31. The van der Waals surface area contributed by atoms with Crippen LogP contribution in [0.4, 0.5) is 0 Å². The van der Waals surface area contributed by atoms with Gasteiger partial charge in [0.1, 0.15) is 0 Å². The van der Waals surface area contributed by atoms with Gasteiger partial charge in [0, 0.05) is 37.4 Å². The summed E-state index contributed by atoms with van der Waals surface area (Å²) in [7, 11) is 0. The first-order chi connectivity index (χ1) is 20.8. The number of benzene rings is 6. The molecule has 9 rings (SSSR count). The topological polar surface area (TPSA) is 30.7 Å². The third kappa shape index (κ3) is 3.39. The van der Waals surface area contributed by atoms with Crippen LogP contribution in [0.3, 0.4) is 0 Å². The van der Waals surface area contributed by atoms with E-state index in [1.54, 1.807) is 11.3 Å². The van der Waals surface area contributed by atoms with E-state index in [0.717, 1.165) is 33.5 Å². The van der Waals surface area contributed by atoms with E-state index in [-0.39, 0.29) is 0 Å². The van der Waals surface area contributed by atoms with E-state index >= 15 is 0 Å². The lowest BCUT2D eigenvalue weighted by Crippen LogP contribution is -2.04. The molecule has 0 aliphatic rings. The maximum atomic E-state index is 5.31. The highest BCUT2D eigenvalue weighted by molar-refractivity contribution is 7.17. The average Bonchev–Trinajstić information content (AvgIpc) is 3.69. The Balaban J connectivity index is 1.53. The minimum atomic E-state index is 0.675. The van der Waals surface area contributed by atoms with E-state index in [2.05, 4.69) is 131 Å². The highest BCUT2D eigenvalue weighted by Gasteiger charge is 2.23. The first kappa shape index (κ1) is 23.4. The summed E-state index contributed by atoms with van der Waals surface area (Å²) in [5.74, 6) is 0.675. The lowest BCUT2D eigenvalue weighted by atomic mass is 9.97. The van der Waals surface area contributed by atoms with Gasteiger partial charge in [-0.15, -0.1) is 11.3 Å². The van der Waals surface area contributed by atoms with Crippen LogP contribution < -0.4 is 0 Å². The molecule has 0 bridgehead atoms. The predicted molar refractivity (Wildman–Crippen MR) is 178 cm³/mol. The fourth-order valence-corrected chi connectivity index (χ4v) is 7.25. The van der Waals surface area contributed by atoms with Gasteiger partial charge in [-0.05, 0) is 39.7 Å². The van der Waals surface area contributed by atoms with E-state index in [9.17, 15) is 0 Å². The third-order valence-electron chi connectivity index (χ3n) is 8.28. The molecule has 0 radical (unpaired) electrons. The summed E-state index contributed by atoms with van der Waals surface area (Å²) in [6.45, 7) is 0. The van der Waals surface area contributed by atoms with Crippen molar-refractivity contribution in [3.8, 4) is 28.5 Å². The second kappa shape index (κ2) is 9.10. The van der Waals surface area contributed by atoms with Crippen molar-refractivity contribution in [3.63, 3.8) is 0 Å². The highest BCUT2D eigenvalue weighted by atomic mass is 32.1. The molecule has 9 aromatic rings. The lowest BCUT2D eigenvalue weighted by molar-refractivity contribution is 1.00. The van der Waals surface area contributed by atoms with E-state index in [0.29, 0.717) is 5.95 Å². The van der Waals surface area contributed by atoms with Crippen molar-refractivity contribution in [3.05, 3.63) is 139 Å². The van der Waals surface area contributed by atoms with Crippen molar-refractivity contribution in [2.45, 2.75) is 0 Å². The zero-order chi connectivity index (χ0) is 27.6. The summed E-state index contributed by atoms with van der Waals surface area (Å²) in [5, 5.41) is 10.8. The number of hydrogen-bond donors (Lipinski definition) is 0. The minimum absolute atomic E-state index is 0.675. The minimum Gasteiger partial charge on any atom is -0.277 e. The van der Waals surface area contributed by atoms with Gasteiger partial charge < -0.3 is 0 Å². The molecule has 196 valence electrons. The molecule has 0 atom stereocenters. The predicted octanol–water partition coefficient (Wildman–Crippen LogP) is 10.4. The molecule has 0 saturated carbocycles. The molecule has 6 aromatic carbocycles. The third-order valence-corrected chi connectivity index (χ3v) is 9.16. The van der Waals surface area contributed by atoms with E-state index in [4.69, 9.17) is 9.97 Å². The molecule has 0 aliphatic heterocycles. The number of fused-ring (bicyclic) bond motifs is 10. The number of rotatable bonds is 3. The highest BCUT2D eigenvalue weighted by Crippen LogP contribution is 2.44. The van der Waals surface area contributed by atoms with Crippen LogP contribution in [0.2, 0.25) is 0 Å². The Morgan fingerprint density at radius 1 is 0.452 bits per heavy atom. The fourth-order valence-electron chi connectivity index (χ4n) is 6.46. The Hall–Kier alpha value is -5.32. The second-order valence-corrected chi connectivity index (χ2v) is 11.6. The first-order valence-corrected chi connectivity index (χ1v) is 15.0. The zero-order valence-electron chi connectivity index (χ0n) is 22.5. The van der Waals surface area contributed by atoms with Crippen LogP contribution in [0.15, 0.2) is 139 Å². The standard InChI is InChI=1S/C38H23N3S/c1-3-11-24(12-4-1)32-23-33(25-13-5-2-6-14-25)40-38(39-32)41-36-30-21-22-42-34(30)20-19-31(36)35-28-17-9-7-15-26(28)27-16-8-10-18-29(27)37(35)41/h1-23H. The van der Waals surface area contributed by atoms with Crippen molar-refractivity contribution >= 4 is 64.8 Å². The van der Waals surface area contributed by atoms with Crippen molar-refractivity contribution in [1.29, 1.82) is 0 Å². The number of thiophene rings is 1. The van der Waals surface area contributed by atoms with Crippen LogP contribution >= 0.6 is 11.3 Å². The Kier molecular flexibility index (Phi) is 5.07. The fraction of sp³-hybridized carbons (Fsp3) is 0. The first-order valence-electron chi connectivity index (χ1n) is 14.1. The average molecular weight is 554 g/mol. The SMILES string of the molecule is c1ccc(-c2cc(-c3ccccc3)nc(-n3c4c5ccsc5ccc4c4c5ccccc5c5ccccc5c43)n2)cc1. The Bertz CT molecular complexity index is 2400. The van der Waals surface area contributed by atoms with Crippen molar-refractivity contribution < 1.29 is 0 Å². The van der Waals surface area contributed by atoms with Gasteiger partial charge in [-0.2, -0.15) is 0 Å². The van der Waals surface area contributed by atoms with Crippen LogP contribution in [0.1, 0.15) is 0 Å². The van der Waals surface area contributed by atoms with Crippen molar-refractivity contribution in [2.24, 2.45) is 0 Å². The van der Waals surface area contributed by atoms with Crippen molar-refractivity contribution in [1.82, 2.24) is 14.5 Å². The molecular formula is C38H23N3S. The van der Waals surface area contributed by atoms with Crippen LogP contribution in [0, 0.1) is 0 Å². The maximum Gasteiger partial charge on any atom is 0.235 e. The molecule has 3 aromatic heterocycles. The Morgan fingerprint density at radius 2 is 1.02 bits per heavy atom. The van der Waals surface area contributed by atoms with Gasteiger partial charge in [0.05, 0.1) is 22.4 Å². The Labute approximate surface area is 246 Å². The van der Waals surface area contributed by atoms with E-state index in [1.165, 1.54) is 42.4 Å². The normalized spacial score (nSPS) is 11.8. The van der Waals surface area contributed by atoms with Gasteiger partial charge in [0.2, 0.25) is 5.95 Å². The van der Waals surface area contributed by atoms with Crippen LogP contribution in [0.5, 0.6) is 0 Å². The van der Waals surface area contributed by atoms with Gasteiger partial charge in [-0.3, -0.25) is 4.57 Å². The summed E-state index contributed by atoms with van der Waals surface area (Å²) >= 11 is 1.77. The van der Waals surface area contributed by atoms with Gasteiger partial charge in [0.25, 0.3) is 0 Å². The van der Waals surface area contributed by atoms with Crippen LogP contribution in [-0.2, 0) is 0 Å². The van der Waals surface area contributed by atoms with Crippen LogP contribution in [-0.4, -0.2) is 14.5 Å². The van der Waals surface area contributed by atoms with Gasteiger partial charge in [-0.1, -0.05) is 115 Å². The zero-order valence-corrected chi connectivity index (χ0v) is 23.3. The lowest BCUT2D eigenvalue weighted by Gasteiger charge is -2.14. The van der Waals surface area contributed by atoms with E-state index < -0.39 is 0 Å². The molecule has 0 amide bonds. The smallest absolute Gasteiger partial charge is 0.235 e. The quantitative estimate of drug-likeness (QED) is 0.204. The molecule has 42 heavy (non-hydrogen) atoms.